The molecule has 0 saturated heterocycles. The van der Waals surface area contributed by atoms with E-state index < -0.39 is 5.41 Å². The lowest BCUT2D eigenvalue weighted by atomic mass is 9.92. The maximum atomic E-state index is 12.1. The molecule has 19 heavy (non-hydrogen) atoms. The molecule has 0 atom stereocenters. The molecule has 0 aromatic heterocycles. The van der Waals surface area contributed by atoms with Crippen LogP contribution in [0.2, 0.25) is 0 Å². The van der Waals surface area contributed by atoms with Gasteiger partial charge in [0.1, 0.15) is 0 Å². The summed E-state index contributed by atoms with van der Waals surface area (Å²) in [5.74, 6) is -0.288. The van der Waals surface area contributed by atoms with Gasteiger partial charge in [0.05, 0.1) is 11.0 Å². The Balaban J connectivity index is 2.76. The molecule has 0 fully saturated rings. The van der Waals surface area contributed by atoms with E-state index in [1.807, 2.05) is 19.1 Å². The lowest BCUT2D eigenvalue weighted by molar-refractivity contribution is -0.128. The topological polar surface area (TPSA) is 58.2 Å². The van der Waals surface area contributed by atoms with Crippen molar-refractivity contribution in [2.45, 2.75) is 20.8 Å². The van der Waals surface area contributed by atoms with E-state index in [1.54, 1.807) is 27.0 Å². The molecule has 1 aromatic carbocycles. The van der Waals surface area contributed by atoms with E-state index in [1.165, 1.54) is 0 Å². The van der Waals surface area contributed by atoms with Crippen LogP contribution >= 0.6 is 15.9 Å². The zero-order valence-electron chi connectivity index (χ0n) is 11.6. The Bertz CT molecular complexity index is 498. The van der Waals surface area contributed by atoms with Gasteiger partial charge in [0.25, 0.3) is 5.91 Å². The van der Waals surface area contributed by atoms with Crippen molar-refractivity contribution in [2.75, 3.05) is 13.6 Å². The maximum absolute atomic E-state index is 12.1. The predicted octanol–water partition coefficient (Wildman–Crippen LogP) is 2.26. The fourth-order valence-corrected chi connectivity index (χ4v) is 2.08. The summed E-state index contributed by atoms with van der Waals surface area (Å²) in [5, 5.41) is 5.38. The van der Waals surface area contributed by atoms with Gasteiger partial charge in [0.2, 0.25) is 5.91 Å². The number of aryl methyl sites for hydroxylation is 1. The lowest BCUT2D eigenvalue weighted by Crippen LogP contribution is -2.43. The Labute approximate surface area is 122 Å². The summed E-state index contributed by atoms with van der Waals surface area (Å²) in [7, 11) is 1.59. The van der Waals surface area contributed by atoms with Crippen LogP contribution in [0.3, 0.4) is 0 Å². The first kappa shape index (κ1) is 15.7. The SMILES string of the molecule is CNC(=O)C(C)(C)CNC(=O)c1cccc(C)c1Br. The van der Waals surface area contributed by atoms with Gasteiger partial charge in [-0.3, -0.25) is 9.59 Å². The molecule has 0 aliphatic carbocycles. The molecule has 1 rings (SSSR count). The summed E-state index contributed by atoms with van der Waals surface area (Å²) in [4.78, 5) is 23.7. The number of carbonyl (C=O) groups is 2. The van der Waals surface area contributed by atoms with E-state index >= 15 is 0 Å². The molecule has 4 nitrogen and oxygen atoms in total. The second-order valence-corrected chi connectivity index (χ2v) is 5.88. The summed E-state index contributed by atoms with van der Waals surface area (Å²) >= 11 is 3.40. The van der Waals surface area contributed by atoms with Gasteiger partial charge in [-0.1, -0.05) is 12.1 Å². The molecule has 5 heteroatoms. The Morgan fingerprint density at radius 2 is 1.95 bits per heavy atom. The van der Waals surface area contributed by atoms with Gasteiger partial charge in [-0.05, 0) is 48.3 Å². The largest absolute Gasteiger partial charge is 0.359 e. The second kappa shape index (κ2) is 6.19. The first-order chi connectivity index (χ1) is 8.79. The molecular weight excluding hydrogens is 308 g/mol. The van der Waals surface area contributed by atoms with Crippen molar-refractivity contribution >= 4 is 27.7 Å². The molecular formula is C14H19BrN2O2. The lowest BCUT2D eigenvalue weighted by Gasteiger charge is -2.23. The number of hydrogen-bond donors (Lipinski definition) is 2. The van der Waals surface area contributed by atoms with Crippen LogP contribution < -0.4 is 10.6 Å². The smallest absolute Gasteiger partial charge is 0.252 e. The number of nitrogens with one attached hydrogen (secondary N) is 2. The van der Waals surface area contributed by atoms with E-state index in [9.17, 15) is 9.59 Å². The summed E-state index contributed by atoms with van der Waals surface area (Å²) in [5.41, 5.74) is 0.937. The highest BCUT2D eigenvalue weighted by atomic mass is 79.9. The van der Waals surface area contributed by atoms with Crippen molar-refractivity contribution in [3.05, 3.63) is 33.8 Å². The molecule has 1 aromatic rings. The van der Waals surface area contributed by atoms with E-state index in [-0.39, 0.29) is 18.4 Å². The molecule has 104 valence electrons. The zero-order chi connectivity index (χ0) is 14.6. The summed E-state index contributed by atoms with van der Waals surface area (Å²) in [6, 6.07) is 5.51. The van der Waals surface area contributed by atoms with Crippen molar-refractivity contribution in [1.82, 2.24) is 10.6 Å². The first-order valence-electron chi connectivity index (χ1n) is 6.05. The van der Waals surface area contributed by atoms with Crippen molar-refractivity contribution in [3.63, 3.8) is 0 Å². The van der Waals surface area contributed by atoms with Crippen molar-refractivity contribution in [1.29, 1.82) is 0 Å². The number of amides is 2. The minimum Gasteiger partial charge on any atom is -0.359 e. The third-order valence-electron chi connectivity index (χ3n) is 2.97. The van der Waals surface area contributed by atoms with Crippen LogP contribution in [0.15, 0.2) is 22.7 Å². The van der Waals surface area contributed by atoms with Crippen LogP contribution in [0.4, 0.5) is 0 Å². The predicted molar refractivity (Wildman–Crippen MR) is 79.1 cm³/mol. The third-order valence-corrected chi connectivity index (χ3v) is 4.02. The number of halogens is 1. The fourth-order valence-electron chi connectivity index (χ4n) is 1.64. The van der Waals surface area contributed by atoms with Gasteiger partial charge in [-0.2, -0.15) is 0 Å². The van der Waals surface area contributed by atoms with E-state index in [2.05, 4.69) is 26.6 Å². The fraction of sp³-hybridized carbons (Fsp3) is 0.429. The highest BCUT2D eigenvalue weighted by Crippen LogP contribution is 2.21. The van der Waals surface area contributed by atoms with Gasteiger partial charge in [-0.25, -0.2) is 0 Å². The van der Waals surface area contributed by atoms with Crippen molar-refractivity contribution < 1.29 is 9.59 Å². The molecule has 2 N–H and O–H groups in total. The highest BCUT2D eigenvalue weighted by molar-refractivity contribution is 9.10. The van der Waals surface area contributed by atoms with E-state index in [0.717, 1.165) is 10.0 Å². The molecule has 0 heterocycles. The quantitative estimate of drug-likeness (QED) is 0.891. The van der Waals surface area contributed by atoms with Crippen molar-refractivity contribution in [3.8, 4) is 0 Å². The minimum absolute atomic E-state index is 0.101. The van der Waals surface area contributed by atoms with Crippen LogP contribution in [-0.2, 0) is 4.79 Å². The van der Waals surface area contributed by atoms with E-state index in [0.29, 0.717) is 5.56 Å². The monoisotopic (exact) mass is 326 g/mol. The summed E-state index contributed by atoms with van der Waals surface area (Å²) < 4.78 is 0.783. The third kappa shape index (κ3) is 3.80. The number of benzene rings is 1. The summed E-state index contributed by atoms with van der Waals surface area (Å²) in [6.45, 7) is 5.79. The molecule has 0 aliphatic rings. The van der Waals surface area contributed by atoms with Gasteiger partial charge in [0.15, 0.2) is 0 Å². The molecule has 0 spiro atoms. The van der Waals surface area contributed by atoms with Gasteiger partial charge in [0, 0.05) is 18.1 Å². The molecule has 0 unspecified atom stereocenters. The van der Waals surface area contributed by atoms with Gasteiger partial charge < -0.3 is 10.6 Å². The average molecular weight is 327 g/mol. The Morgan fingerprint density at radius 1 is 1.32 bits per heavy atom. The molecule has 0 saturated carbocycles. The van der Waals surface area contributed by atoms with Crippen LogP contribution in [0.5, 0.6) is 0 Å². The molecule has 0 bridgehead atoms. The number of hydrogen-bond acceptors (Lipinski definition) is 2. The van der Waals surface area contributed by atoms with Crippen LogP contribution in [0.25, 0.3) is 0 Å². The number of rotatable bonds is 4. The molecule has 0 radical (unpaired) electrons. The Hall–Kier alpha value is -1.36. The van der Waals surface area contributed by atoms with Crippen LogP contribution in [0, 0.1) is 12.3 Å². The maximum Gasteiger partial charge on any atom is 0.252 e. The van der Waals surface area contributed by atoms with Crippen LogP contribution in [0.1, 0.15) is 29.8 Å². The Morgan fingerprint density at radius 3 is 2.53 bits per heavy atom. The van der Waals surface area contributed by atoms with E-state index in [4.69, 9.17) is 0 Å². The standard InChI is InChI=1S/C14H19BrN2O2/c1-9-6-5-7-10(11(9)15)12(18)17-8-14(2,3)13(19)16-4/h5-7H,8H2,1-4H3,(H,16,19)(H,17,18). The molecule has 2 amide bonds. The first-order valence-corrected chi connectivity index (χ1v) is 6.84. The van der Waals surface area contributed by atoms with Gasteiger partial charge >= 0.3 is 0 Å². The second-order valence-electron chi connectivity index (χ2n) is 5.08. The van der Waals surface area contributed by atoms with Crippen LogP contribution in [-0.4, -0.2) is 25.4 Å². The number of carbonyl (C=O) groups excluding carboxylic acids is 2. The normalized spacial score (nSPS) is 11.0. The average Bonchev–Trinajstić information content (AvgIpc) is 2.38. The molecule has 0 aliphatic heterocycles. The zero-order valence-corrected chi connectivity index (χ0v) is 13.2. The van der Waals surface area contributed by atoms with Crippen molar-refractivity contribution in [2.24, 2.45) is 5.41 Å². The highest BCUT2D eigenvalue weighted by Gasteiger charge is 2.27. The summed E-state index contributed by atoms with van der Waals surface area (Å²) in [6.07, 6.45) is 0. The Kier molecular flexibility index (Phi) is 5.11. The van der Waals surface area contributed by atoms with Gasteiger partial charge in [-0.15, -0.1) is 0 Å². The minimum atomic E-state index is -0.638.